The summed E-state index contributed by atoms with van der Waals surface area (Å²) in [5.41, 5.74) is 0.908. The highest BCUT2D eigenvalue weighted by molar-refractivity contribution is 6.35. The van der Waals surface area contributed by atoms with Gasteiger partial charge in [0.25, 0.3) is 0 Å². The highest BCUT2D eigenvalue weighted by Gasteiger charge is 2.30. The average Bonchev–Trinajstić information content (AvgIpc) is 3.44. The van der Waals surface area contributed by atoms with Crippen molar-refractivity contribution >= 4 is 41.6 Å². The molecular formula is C23H25Cl3F2N2O5. The molecule has 1 aliphatic carbocycles. The number of nitrogens with one attached hydrogen (secondary N) is 1. The Morgan fingerprint density at radius 2 is 1.89 bits per heavy atom. The molecule has 192 valence electrons. The summed E-state index contributed by atoms with van der Waals surface area (Å²) in [6.07, 6.45) is 5.04. The highest BCUT2D eigenvalue weighted by atomic mass is 35.5. The van der Waals surface area contributed by atoms with Crippen LogP contribution < -0.4 is 19.5 Å². The molecule has 2 aromatic rings. The van der Waals surface area contributed by atoms with Gasteiger partial charge < -0.3 is 24.7 Å². The molecule has 7 nitrogen and oxygen atoms in total. The van der Waals surface area contributed by atoms with E-state index in [1.165, 1.54) is 18.2 Å². The Hall–Kier alpha value is -2.07. The van der Waals surface area contributed by atoms with Gasteiger partial charge in [-0.15, -0.1) is 12.4 Å². The van der Waals surface area contributed by atoms with Crippen LogP contribution >= 0.6 is 35.6 Å². The number of benzene rings is 1. The van der Waals surface area contributed by atoms with Crippen LogP contribution in [0.25, 0.3) is 0 Å². The number of esters is 1. The fourth-order valence-electron chi connectivity index (χ4n) is 3.77. The Kier molecular flexibility index (Phi) is 9.63. The number of aromatic nitrogens is 1. The van der Waals surface area contributed by atoms with E-state index in [4.69, 9.17) is 32.7 Å². The van der Waals surface area contributed by atoms with Gasteiger partial charge in [-0.2, -0.15) is 13.5 Å². The maximum atomic E-state index is 12.9. The molecular weight excluding hydrogens is 529 g/mol. The molecule has 2 fully saturated rings. The van der Waals surface area contributed by atoms with Crippen molar-refractivity contribution in [2.75, 3.05) is 13.2 Å². The number of ether oxygens (including phenoxy) is 3. The van der Waals surface area contributed by atoms with Crippen LogP contribution in [0.5, 0.6) is 11.5 Å². The monoisotopic (exact) mass is 552 g/mol. The molecule has 2 aliphatic rings. The zero-order valence-corrected chi connectivity index (χ0v) is 20.9. The minimum atomic E-state index is -3.02. The second kappa shape index (κ2) is 12.3. The van der Waals surface area contributed by atoms with Crippen molar-refractivity contribution in [3.8, 4) is 11.5 Å². The largest absolute Gasteiger partial charge is 0.619 e. The number of hydrogen-bond acceptors (Lipinski definition) is 6. The van der Waals surface area contributed by atoms with Gasteiger partial charge in [-0.3, -0.25) is 4.79 Å². The first kappa shape index (κ1) is 27.5. The lowest BCUT2D eigenvalue weighted by molar-refractivity contribution is -0.605. The normalized spacial score (nSPS) is 18.1. The van der Waals surface area contributed by atoms with E-state index in [0.717, 1.165) is 31.7 Å². The van der Waals surface area contributed by atoms with Gasteiger partial charge in [0.2, 0.25) is 0 Å². The van der Waals surface area contributed by atoms with E-state index in [2.05, 4.69) is 10.1 Å². The molecule has 0 amide bonds. The van der Waals surface area contributed by atoms with Gasteiger partial charge in [-0.1, -0.05) is 29.3 Å². The number of hydrogen-bond donors (Lipinski definition) is 1. The van der Waals surface area contributed by atoms with Gasteiger partial charge in [0.05, 0.1) is 6.61 Å². The fraction of sp³-hybridized carbons (Fsp3) is 0.478. The van der Waals surface area contributed by atoms with Gasteiger partial charge in [0.15, 0.2) is 23.9 Å². The topological polar surface area (TPSA) is 83.7 Å². The number of alkyl halides is 2. The number of carbonyl (C=O) groups is 1. The lowest BCUT2D eigenvalue weighted by Crippen LogP contribution is -2.33. The molecule has 0 bridgehead atoms. The highest BCUT2D eigenvalue weighted by Crippen LogP contribution is 2.38. The van der Waals surface area contributed by atoms with Crippen LogP contribution in [0.15, 0.2) is 30.6 Å². The maximum Gasteiger partial charge on any atom is 0.387 e. The molecule has 0 spiro atoms. The van der Waals surface area contributed by atoms with Crippen molar-refractivity contribution in [1.82, 2.24) is 5.32 Å². The van der Waals surface area contributed by atoms with Crippen molar-refractivity contribution in [3.63, 3.8) is 0 Å². The van der Waals surface area contributed by atoms with Crippen molar-refractivity contribution in [2.24, 2.45) is 5.92 Å². The summed E-state index contributed by atoms with van der Waals surface area (Å²) >= 11 is 12.5. The van der Waals surface area contributed by atoms with Crippen LogP contribution in [0.4, 0.5) is 8.78 Å². The third kappa shape index (κ3) is 7.46. The van der Waals surface area contributed by atoms with E-state index < -0.39 is 24.7 Å². The van der Waals surface area contributed by atoms with E-state index in [1.54, 1.807) is 0 Å². The van der Waals surface area contributed by atoms with Crippen LogP contribution in [0.2, 0.25) is 10.0 Å². The third-order valence-corrected chi connectivity index (χ3v) is 6.43. The quantitative estimate of drug-likeness (QED) is 0.253. The number of rotatable bonds is 10. The van der Waals surface area contributed by atoms with Gasteiger partial charge in [0.1, 0.15) is 22.2 Å². The second-order valence-corrected chi connectivity index (χ2v) is 9.22. The Morgan fingerprint density at radius 3 is 2.49 bits per heavy atom. The summed E-state index contributed by atoms with van der Waals surface area (Å²) in [4.78, 5) is 12.8. The van der Waals surface area contributed by atoms with Crippen molar-refractivity contribution < 1.29 is 32.5 Å². The summed E-state index contributed by atoms with van der Waals surface area (Å²) in [6, 6.07) is 3.97. The average molecular weight is 554 g/mol. The molecule has 1 N–H and O–H groups in total. The van der Waals surface area contributed by atoms with Crippen LogP contribution in [-0.4, -0.2) is 31.8 Å². The molecule has 35 heavy (non-hydrogen) atoms. The summed E-state index contributed by atoms with van der Waals surface area (Å²) in [5.74, 6) is -0.0405. The van der Waals surface area contributed by atoms with E-state index in [-0.39, 0.29) is 40.4 Å². The fourth-order valence-corrected chi connectivity index (χ4v) is 4.37. The number of carbonyl (C=O) groups excluding carboxylic acids is 1. The van der Waals surface area contributed by atoms with E-state index in [1.807, 2.05) is 0 Å². The molecule has 1 aromatic heterocycles. The van der Waals surface area contributed by atoms with Gasteiger partial charge in [-0.05, 0) is 55.8 Å². The van der Waals surface area contributed by atoms with Crippen LogP contribution in [0, 0.1) is 11.1 Å². The third-order valence-electron chi connectivity index (χ3n) is 5.78. The Balaban J connectivity index is 0.00000342. The molecule has 1 aromatic carbocycles. The number of halogens is 5. The predicted octanol–water partition coefficient (Wildman–Crippen LogP) is 5.02. The lowest BCUT2D eigenvalue weighted by Gasteiger charge is -2.23. The zero-order valence-electron chi connectivity index (χ0n) is 18.6. The summed E-state index contributed by atoms with van der Waals surface area (Å²) in [6.45, 7) is -1.93. The summed E-state index contributed by atoms with van der Waals surface area (Å²) in [7, 11) is 0. The van der Waals surface area contributed by atoms with Gasteiger partial charge >= 0.3 is 12.6 Å². The van der Waals surface area contributed by atoms with Crippen molar-refractivity contribution in [3.05, 3.63) is 57.0 Å². The van der Waals surface area contributed by atoms with Crippen LogP contribution in [0.3, 0.4) is 0 Å². The first-order valence-corrected chi connectivity index (χ1v) is 11.8. The Bertz CT molecular complexity index is 1010. The number of nitrogens with zero attached hydrogens (tertiary/aromatic N) is 1. The zero-order chi connectivity index (χ0) is 24.2. The van der Waals surface area contributed by atoms with Gasteiger partial charge in [0, 0.05) is 12.0 Å². The molecule has 2 atom stereocenters. The van der Waals surface area contributed by atoms with E-state index in [9.17, 15) is 18.8 Å². The number of pyridine rings is 1. The second-order valence-electron chi connectivity index (χ2n) is 8.41. The molecule has 1 aliphatic heterocycles. The molecule has 0 radical (unpaired) electrons. The first-order valence-electron chi connectivity index (χ1n) is 11.0. The molecule has 2 unspecified atom stereocenters. The standard InChI is InChI=1S/C23H24Cl2F2N2O5.ClH/c24-16-10-29(31)11-17(25)15(16)9-20(33-22(30)18-2-1-7-28-18)14-5-6-19(34-23(26)27)21(8-14)32-12-13-3-4-13;/h5-6,8,10-11,13,18,20,23,28H,1-4,7,9,12H2;1H. The van der Waals surface area contributed by atoms with Crippen LogP contribution in [0.1, 0.15) is 42.9 Å². The summed E-state index contributed by atoms with van der Waals surface area (Å²) in [5, 5.41) is 15.0. The molecule has 4 rings (SSSR count). The molecule has 12 heteroatoms. The van der Waals surface area contributed by atoms with Crippen LogP contribution in [-0.2, 0) is 16.0 Å². The van der Waals surface area contributed by atoms with Gasteiger partial charge in [-0.25, -0.2) is 0 Å². The molecule has 1 saturated carbocycles. The SMILES string of the molecule is Cl.O=C(OC(Cc1c(Cl)c[n+]([O-])cc1Cl)c1ccc(OC(F)F)c(OCC2CC2)c1)C1CCCN1. The smallest absolute Gasteiger partial charge is 0.387 e. The predicted molar refractivity (Wildman–Crippen MR) is 128 cm³/mol. The van der Waals surface area contributed by atoms with E-state index in [0.29, 0.717) is 41.3 Å². The van der Waals surface area contributed by atoms with Crippen molar-refractivity contribution in [1.29, 1.82) is 0 Å². The minimum absolute atomic E-state index is 0. The minimum Gasteiger partial charge on any atom is -0.619 e. The first-order chi connectivity index (χ1) is 16.3. The molecule has 2 heterocycles. The van der Waals surface area contributed by atoms with Crippen molar-refractivity contribution in [2.45, 2.75) is 50.9 Å². The summed E-state index contributed by atoms with van der Waals surface area (Å²) < 4.78 is 42.5. The lowest BCUT2D eigenvalue weighted by atomic mass is 10.0. The Morgan fingerprint density at radius 1 is 1.17 bits per heavy atom. The molecule has 1 saturated heterocycles. The maximum absolute atomic E-state index is 12.9. The van der Waals surface area contributed by atoms with E-state index >= 15 is 0 Å². The Labute approximate surface area is 217 Å².